The molecule has 10 rings (SSSR count). The molecular formula is C53H46N8O. The largest absolute Gasteiger partial charge is 0.478 e. The molecular weight excluding hydrogens is 765 g/mol. The van der Waals surface area contributed by atoms with Gasteiger partial charge in [0.2, 0.25) is 0 Å². The molecule has 3 aromatic heterocycles. The van der Waals surface area contributed by atoms with Crippen LogP contribution >= 0.6 is 0 Å². The molecule has 0 saturated heterocycles. The van der Waals surface area contributed by atoms with Gasteiger partial charge in [-0.25, -0.2) is 14.6 Å². The quantitative estimate of drug-likeness (QED) is 0.108. The van der Waals surface area contributed by atoms with E-state index in [2.05, 4.69) is 163 Å². The number of aromatic nitrogens is 8. The number of hydrogen-bond acceptors (Lipinski definition) is 6. The van der Waals surface area contributed by atoms with Gasteiger partial charge in [0.1, 0.15) is 22.9 Å². The first-order valence-electron chi connectivity index (χ1n) is 21.2. The molecule has 1 atom stereocenters. The number of aryl methyl sites for hydroxylation is 3. The highest BCUT2D eigenvalue weighted by Gasteiger charge is 2.43. The summed E-state index contributed by atoms with van der Waals surface area (Å²) in [6.07, 6.45) is 1.22. The van der Waals surface area contributed by atoms with E-state index in [0.29, 0.717) is 18.1 Å². The van der Waals surface area contributed by atoms with Gasteiger partial charge < -0.3 is 13.9 Å². The van der Waals surface area contributed by atoms with E-state index in [1.54, 1.807) is 0 Å². The van der Waals surface area contributed by atoms with E-state index in [9.17, 15) is 0 Å². The van der Waals surface area contributed by atoms with Crippen LogP contribution in [0.2, 0.25) is 0 Å². The molecule has 9 nitrogen and oxygen atoms in total. The zero-order valence-corrected chi connectivity index (χ0v) is 35.0. The molecule has 0 aliphatic carbocycles. The van der Waals surface area contributed by atoms with Gasteiger partial charge in [-0.3, -0.25) is 0 Å². The van der Waals surface area contributed by atoms with Crippen LogP contribution in [0, 0.1) is 6.92 Å². The van der Waals surface area contributed by atoms with Crippen LogP contribution in [0.1, 0.15) is 64.5 Å². The predicted octanol–water partition coefficient (Wildman–Crippen LogP) is 10.9. The summed E-state index contributed by atoms with van der Waals surface area (Å²) in [5, 5.41) is 14.0. The zero-order chi connectivity index (χ0) is 42.0. The van der Waals surface area contributed by atoms with Gasteiger partial charge in [-0.2, -0.15) is 0 Å². The Morgan fingerprint density at radius 1 is 0.645 bits per heavy atom. The molecule has 0 amide bonds. The van der Waals surface area contributed by atoms with Gasteiger partial charge in [0.15, 0.2) is 11.9 Å². The van der Waals surface area contributed by atoms with Crippen molar-refractivity contribution in [3.05, 3.63) is 227 Å². The molecule has 0 spiro atoms. The molecule has 0 saturated carbocycles. The Kier molecular flexibility index (Phi) is 10.2. The molecule has 0 radical (unpaired) electrons. The van der Waals surface area contributed by atoms with Gasteiger partial charge in [-0.1, -0.05) is 153 Å². The minimum atomic E-state index is -0.922. The lowest BCUT2D eigenvalue weighted by Crippen LogP contribution is -2.40. The van der Waals surface area contributed by atoms with Crippen LogP contribution in [-0.4, -0.2) is 39.3 Å². The SMILES string of the molecule is CCCc1nc2c(C)cc(-c3nc4ccccc4n3C)cc2n1Cc1ccc(OC(c2ccccc2)c2nnnn2C(c2ccccc2)(c2ccccc2)c2ccccc2)cc1. The van der Waals surface area contributed by atoms with Crippen molar-refractivity contribution in [2.75, 3.05) is 0 Å². The Morgan fingerprint density at radius 2 is 1.24 bits per heavy atom. The summed E-state index contributed by atoms with van der Waals surface area (Å²) >= 11 is 0. The molecule has 7 aromatic carbocycles. The topological polar surface area (TPSA) is 88.5 Å². The maximum absolute atomic E-state index is 7.04. The van der Waals surface area contributed by atoms with Crippen molar-refractivity contribution in [3.8, 4) is 17.1 Å². The third kappa shape index (κ3) is 6.81. The van der Waals surface area contributed by atoms with Gasteiger partial charge >= 0.3 is 0 Å². The molecule has 3 heterocycles. The summed E-state index contributed by atoms with van der Waals surface area (Å²) in [5.74, 6) is 3.28. The molecule has 1 unspecified atom stereocenters. The lowest BCUT2D eigenvalue weighted by atomic mass is 9.77. The Bertz CT molecular complexity index is 3010. The van der Waals surface area contributed by atoms with E-state index in [1.807, 2.05) is 59.3 Å². The molecule has 0 bridgehead atoms. The molecule has 304 valence electrons. The Labute approximate surface area is 360 Å². The van der Waals surface area contributed by atoms with E-state index in [4.69, 9.17) is 25.0 Å². The number of hydrogen-bond donors (Lipinski definition) is 0. The first-order valence-corrected chi connectivity index (χ1v) is 21.2. The second-order valence-electron chi connectivity index (χ2n) is 15.8. The summed E-state index contributed by atoms with van der Waals surface area (Å²) in [5.41, 5.74) is 10.6. The van der Waals surface area contributed by atoms with Gasteiger partial charge in [0.25, 0.3) is 0 Å². The highest BCUT2D eigenvalue weighted by atomic mass is 16.5. The Morgan fingerprint density at radius 3 is 1.85 bits per heavy atom. The fourth-order valence-corrected chi connectivity index (χ4v) is 8.96. The van der Waals surface area contributed by atoms with E-state index in [0.717, 1.165) is 85.5 Å². The van der Waals surface area contributed by atoms with Crippen LogP contribution in [0.4, 0.5) is 0 Å². The van der Waals surface area contributed by atoms with Crippen LogP contribution < -0.4 is 4.74 Å². The number of tetrazole rings is 1. The summed E-state index contributed by atoms with van der Waals surface area (Å²) < 4.78 is 13.5. The van der Waals surface area contributed by atoms with Crippen LogP contribution in [0.15, 0.2) is 182 Å². The molecule has 10 aromatic rings. The number of fused-ring (bicyclic) bond motifs is 2. The lowest BCUT2D eigenvalue weighted by Gasteiger charge is -2.37. The first kappa shape index (κ1) is 38.5. The number of nitrogens with zero attached hydrogens (tertiary/aromatic N) is 8. The number of imidazole rings is 2. The highest BCUT2D eigenvalue weighted by Crippen LogP contribution is 2.43. The maximum atomic E-state index is 7.04. The molecule has 62 heavy (non-hydrogen) atoms. The number of rotatable bonds is 13. The second-order valence-corrected chi connectivity index (χ2v) is 15.8. The third-order valence-electron chi connectivity index (χ3n) is 11.9. The van der Waals surface area contributed by atoms with Crippen molar-refractivity contribution in [1.82, 2.24) is 39.3 Å². The van der Waals surface area contributed by atoms with Gasteiger partial charge in [-0.15, -0.1) is 5.10 Å². The van der Waals surface area contributed by atoms with Crippen LogP contribution in [-0.2, 0) is 25.6 Å². The second kappa shape index (κ2) is 16.4. The number of para-hydroxylation sites is 2. The van der Waals surface area contributed by atoms with Crippen LogP contribution in [0.5, 0.6) is 5.75 Å². The minimum absolute atomic E-state index is 0.567. The van der Waals surface area contributed by atoms with Crippen LogP contribution in [0.3, 0.4) is 0 Å². The van der Waals surface area contributed by atoms with E-state index in [1.165, 1.54) is 0 Å². The normalized spacial score (nSPS) is 12.2. The summed E-state index contributed by atoms with van der Waals surface area (Å²) in [6.45, 7) is 5.01. The summed E-state index contributed by atoms with van der Waals surface area (Å²) in [6, 6.07) is 62.6. The van der Waals surface area contributed by atoms with Crippen molar-refractivity contribution in [1.29, 1.82) is 0 Å². The standard InChI is InChI=1S/C53H46N8O/c1-4-19-48-55-49-37(2)34-40(51-54-45-28-17-18-29-46(45)59(51)3)35-47(49)60(48)36-38-30-32-44(33-31-38)62-50(39-20-9-5-10-21-39)52-56-57-58-61(52)53(41-22-11-6-12-23-41,42-24-13-7-14-25-42)43-26-15-8-16-27-43/h5-18,20-35,50H,4,19,36H2,1-3H3. The summed E-state index contributed by atoms with van der Waals surface area (Å²) in [7, 11) is 2.09. The van der Waals surface area contributed by atoms with Gasteiger partial charge in [-0.05, 0) is 88.0 Å². The average molecular weight is 811 g/mol. The van der Waals surface area contributed by atoms with Crippen molar-refractivity contribution in [2.45, 2.75) is 44.9 Å². The molecule has 9 heteroatoms. The molecule has 0 aliphatic heterocycles. The van der Waals surface area contributed by atoms with Crippen LogP contribution in [0.25, 0.3) is 33.5 Å². The van der Waals surface area contributed by atoms with Crippen molar-refractivity contribution in [2.24, 2.45) is 7.05 Å². The number of ether oxygens (including phenoxy) is 1. The maximum Gasteiger partial charge on any atom is 0.198 e. The fraction of sp³-hybridized carbons (Fsp3) is 0.151. The first-order chi connectivity index (χ1) is 30.5. The predicted molar refractivity (Wildman–Crippen MR) is 245 cm³/mol. The fourth-order valence-electron chi connectivity index (χ4n) is 8.96. The monoisotopic (exact) mass is 810 g/mol. The minimum Gasteiger partial charge on any atom is -0.478 e. The smallest absolute Gasteiger partial charge is 0.198 e. The van der Waals surface area contributed by atoms with E-state index < -0.39 is 11.6 Å². The molecule has 0 aliphatic rings. The lowest BCUT2D eigenvalue weighted by molar-refractivity contribution is 0.222. The highest BCUT2D eigenvalue weighted by molar-refractivity contribution is 5.87. The average Bonchev–Trinajstić information content (AvgIpc) is 4.04. The van der Waals surface area contributed by atoms with Gasteiger partial charge in [0.05, 0.1) is 22.1 Å². The van der Waals surface area contributed by atoms with Gasteiger partial charge in [0, 0.05) is 31.1 Å². The zero-order valence-electron chi connectivity index (χ0n) is 35.0. The Hall–Kier alpha value is -7.65. The molecule has 0 N–H and O–H groups in total. The van der Waals surface area contributed by atoms with E-state index in [-0.39, 0.29) is 0 Å². The van der Waals surface area contributed by atoms with Crippen molar-refractivity contribution >= 4 is 22.1 Å². The van der Waals surface area contributed by atoms with Crippen molar-refractivity contribution in [3.63, 3.8) is 0 Å². The summed E-state index contributed by atoms with van der Waals surface area (Å²) in [4.78, 5) is 10.2. The third-order valence-corrected chi connectivity index (χ3v) is 11.9. The molecule has 0 fully saturated rings. The number of benzene rings is 7. The Balaban J connectivity index is 1.03. The van der Waals surface area contributed by atoms with Crippen molar-refractivity contribution < 1.29 is 4.74 Å². The van der Waals surface area contributed by atoms with E-state index >= 15 is 0 Å².